The summed E-state index contributed by atoms with van der Waals surface area (Å²) in [6, 6.07) is 2.57. The number of hydrogen-bond acceptors (Lipinski definition) is 5. The van der Waals surface area contributed by atoms with E-state index in [0.29, 0.717) is 0 Å². The molecule has 0 atom stereocenters. The first-order valence-electron chi connectivity index (χ1n) is 5.61. The van der Waals surface area contributed by atoms with Gasteiger partial charge in [-0.1, -0.05) is 0 Å². The second-order valence-corrected chi connectivity index (χ2v) is 5.92. The Kier molecular flexibility index (Phi) is 5.25. The van der Waals surface area contributed by atoms with E-state index in [1.807, 2.05) is 13.8 Å². The molecule has 0 aliphatic carbocycles. The Balaban J connectivity index is 2.60. The van der Waals surface area contributed by atoms with Crippen molar-refractivity contribution < 1.29 is 23.1 Å². The predicted octanol–water partition coefficient (Wildman–Crippen LogP) is 0.946. The second-order valence-electron chi connectivity index (χ2n) is 4.08. The summed E-state index contributed by atoms with van der Waals surface area (Å²) in [5, 5.41) is 8.68. The molecule has 0 unspecified atom stereocenters. The molecular formula is C11H16N2O5S. The minimum Gasteiger partial charge on any atom is -0.478 e. The number of rotatable bonds is 7. The fraction of sp³-hybridized carbons (Fsp3) is 0.455. The Hall–Kier alpha value is -1.67. The second kappa shape index (κ2) is 6.48. The number of sulfonamides is 1. The highest BCUT2D eigenvalue weighted by molar-refractivity contribution is 7.92. The third-order valence-electron chi connectivity index (χ3n) is 2.07. The minimum atomic E-state index is -3.55. The van der Waals surface area contributed by atoms with E-state index in [4.69, 9.17) is 9.84 Å². The molecule has 0 radical (unpaired) electrons. The minimum absolute atomic E-state index is 0.00825. The zero-order valence-corrected chi connectivity index (χ0v) is 11.5. The Bertz CT molecular complexity index is 525. The monoisotopic (exact) mass is 288 g/mol. The number of hydrogen-bond donors (Lipinski definition) is 2. The summed E-state index contributed by atoms with van der Waals surface area (Å²) >= 11 is 0. The molecule has 19 heavy (non-hydrogen) atoms. The van der Waals surface area contributed by atoms with Crippen LogP contribution >= 0.6 is 0 Å². The predicted molar refractivity (Wildman–Crippen MR) is 69.7 cm³/mol. The van der Waals surface area contributed by atoms with Crippen molar-refractivity contribution in [3.63, 3.8) is 0 Å². The lowest BCUT2D eigenvalue weighted by Crippen LogP contribution is -2.22. The highest BCUT2D eigenvalue weighted by Gasteiger charge is 2.12. The first-order chi connectivity index (χ1) is 8.80. The van der Waals surface area contributed by atoms with E-state index in [-0.39, 0.29) is 29.8 Å². The average Bonchev–Trinajstić information content (AvgIpc) is 2.28. The van der Waals surface area contributed by atoms with E-state index in [1.54, 1.807) is 0 Å². The number of pyridine rings is 1. The number of carboxylic acid groups (broad SMARTS) is 1. The maximum atomic E-state index is 11.7. The third kappa shape index (κ3) is 5.66. The van der Waals surface area contributed by atoms with Crippen LogP contribution in [0, 0.1) is 0 Å². The van der Waals surface area contributed by atoms with Crippen molar-refractivity contribution in [1.29, 1.82) is 0 Å². The molecule has 2 N–H and O–H groups in total. The molecule has 0 saturated heterocycles. The van der Waals surface area contributed by atoms with Crippen LogP contribution in [-0.2, 0) is 14.8 Å². The first-order valence-corrected chi connectivity index (χ1v) is 7.27. The van der Waals surface area contributed by atoms with Gasteiger partial charge < -0.3 is 9.84 Å². The molecule has 0 aliphatic heterocycles. The maximum absolute atomic E-state index is 11.7. The van der Waals surface area contributed by atoms with Gasteiger partial charge >= 0.3 is 5.97 Å². The van der Waals surface area contributed by atoms with Gasteiger partial charge in [0.25, 0.3) is 0 Å². The molecule has 0 aliphatic rings. The van der Waals surface area contributed by atoms with Gasteiger partial charge in [0.2, 0.25) is 10.0 Å². The lowest BCUT2D eigenvalue weighted by atomic mass is 10.3. The van der Waals surface area contributed by atoms with Crippen molar-refractivity contribution in [2.75, 3.05) is 17.1 Å². The van der Waals surface area contributed by atoms with E-state index in [1.165, 1.54) is 12.1 Å². The van der Waals surface area contributed by atoms with Crippen LogP contribution in [0.5, 0.6) is 0 Å². The van der Waals surface area contributed by atoms with Crippen molar-refractivity contribution in [1.82, 2.24) is 4.98 Å². The van der Waals surface area contributed by atoms with Crippen LogP contribution in [0.25, 0.3) is 0 Å². The van der Waals surface area contributed by atoms with Gasteiger partial charge in [0.15, 0.2) is 0 Å². The standard InChI is InChI=1S/C11H16N2O5S/c1-8(2)18-5-6-19(16,17)13-10-4-3-9(7-12-10)11(14)15/h3-4,7-8H,5-6H2,1-2H3,(H,12,13)(H,14,15). The lowest BCUT2D eigenvalue weighted by molar-refractivity contribution is 0.0696. The number of anilines is 1. The molecular weight excluding hydrogens is 272 g/mol. The third-order valence-corrected chi connectivity index (χ3v) is 3.30. The Morgan fingerprint density at radius 3 is 2.63 bits per heavy atom. The average molecular weight is 288 g/mol. The Morgan fingerprint density at radius 1 is 1.47 bits per heavy atom. The Labute approximate surface area is 111 Å². The summed E-state index contributed by atoms with van der Waals surface area (Å²) in [5.41, 5.74) is -0.00825. The fourth-order valence-electron chi connectivity index (χ4n) is 1.18. The first kappa shape index (κ1) is 15.4. The van der Waals surface area contributed by atoms with Crippen LogP contribution in [0.4, 0.5) is 5.82 Å². The Morgan fingerprint density at radius 2 is 2.16 bits per heavy atom. The number of aromatic nitrogens is 1. The van der Waals surface area contributed by atoms with E-state index in [2.05, 4.69) is 9.71 Å². The van der Waals surface area contributed by atoms with Crippen molar-refractivity contribution in [2.24, 2.45) is 0 Å². The van der Waals surface area contributed by atoms with Crippen LogP contribution in [0.2, 0.25) is 0 Å². The lowest BCUT2D eigenvalue weighted by Gasteiger charge is -2.09. The van der Waals surface area contributed by atoms with Gasteiger partial charge in [-0.05, 0) is 26.0 Å². The van der Waals surface area contributed by atoms with Gasteiger partial charge in [0.1, 0.15) is 5.82 Å². The number of carbonyl (C=O) groups is 1. The molecule has 8 heteroatoms. The van der Waals surface area contributed by atoms with Crippen LogP contribution in [0.15, 0.2) is 18.3 Å². The molecule has 1 aromatic heterocycles. The quantitative estimate of drug-likeness (QED) is 0.773. The fourth-order valence-corrected chi connectivity index (χ4v) is 2.04. The van der Waals surface area contributed by atoms with E-state index < -0.39 is 16.0 Å². The summed E-state index contributed by atoms with van der Waals surface area (Å²) in [6.45, 7) is 3.71. The number of carboxylic acids is 1. The number of ether oxygens (including phenoxy) is 1. The zero-order valence-electron chi connectivity index (χ0n) is 10.7. The summed E-state index contributed by atoms with van der Waals surface area (Å²) in [5.74, 6) is -1.23. The molecule has 1 rings (SSSR count). The van der Waals surface area contributed by atoms with E-state index in [0.717, 1.165) is 6.20 Å². The van der Waals surface area contributed by atoms with Gasteiger partial charge in [-0.2, -0.15) is 0 Å². The smallest absolute Gasteiger partial charge is 0.337 e. The highest BCUT2D eigenvalue weighted by atomic mass is 32.2. The van der Waals surface area contributed by atoms with E-state index in [9.17, 15) is 13.2 Å². The molecule has 0 aromatic carbocycles. The van der Waals surface area contributed by atoms with Gasteiger partial charge in [0, 0.05) is 6.20 Å². The molecule has 1 heterocycles. The molecule has 0 fully saturated rings. The summed E-state index contributed by atoms with van der Waals surface area (Å²) < 4.78 is 30.7. The van der Waals surface area contributed by atoms with E-state index >= 15 is 0 Å². The van der Waals surface area contributed by atoms with Crippen LogP contribution < -0.4 is 4.72 Å². The summed E-state index contributed by atoms with van der Waals surface area (Å²) in [6.07, 6.45) is 1.05. The van der Waals surface area contributed by atoms with Crippen molar-refractivity contribution in [2.45, 2.75) is 20.0 Å². The number of nitrogens with one attached hydrogen (secondary N) is 1. The van der Waals surface area contributed by atoms with Gasteiger partial charge in [-0.3, -0.25) is 4.72 Å². The molecule has 7 nitrogen and oxygen atoms in total. The van der Waals surface area contributed by atoms with Crippen LogP contribution in [0.1, 0.15) is 24.2 Å². The van der Waals surface area contributed by atoms with Gasteiger partial charge in [-0.25, -0.2) is 18.2 Å². The number of nitrogens with zero attached hydrogens (tertiary/aromatic N) is 1. The highest BCUT2D eigenvalue weighted by Crippen LogP contribution is 2.07. The number of aromatic carboxylic acids is 1. The summed E-state index contributed by atoms with van der Waals surface area (Å²) in [7, 11) is -3.55. The van der Waals surface area contributed by atoms with Crippen molar-refractivity contribution in [3.8, 4) is 0 Å². The molecule has 0 amide bonds. The summed E-state index contributed by atoms with van der Waals surface area (Å²) in [4.78, 5) is 14.3. The van der Waals surface area contributed by atoms with Gasteiger partial charge in [0.05, 0.1) is 24.0 Å². The maximum Gasteiger partial charge on any atom is 0.337 e. The normalized spacial score (nSPS) is 11.5. The van der Waals surface area contributed by atoms with Crippen LogP contribution in [0.3, 0.4) is 0 Å². The van der Waals surface area contributed by atoms with Gasteiger partial charge in [-0.15, -0.1) is 0 Å². The SMILES string of the molecule is CC(C)OCCS(=O)(=O)Nc1ccc(C(=O)O)cn1. The van der Waals surface area contributed by atoms with Crippen molar-refractivity contribution >= 4 is 21.8 Å². The molecule has 106 valence electrons. The zero-order chi connectivity index (χ0) is 14.5. The molecule has 0 bridgehead atoms. The van der Waals surface area contributed by atoms with Crippen molar-refractivity contribution in [3.05, 3.63) is 23.9 Å². The molecule has 0 saturated carbocycles. The molecule has 0 spiro atoms. The van der Waals surface area contributed by atoms with Crippen LogP contribution in [-0.4, -0.2) is 42.9 Å². The molecule has 1 aromatic rings. The largest absolute Gasteiger partial charge is 0.478 e. The topological polar surface area (TPSA) is 106 Å².